The van der Waals surface area contributed by atoms with Crippen LogP contribution in [-0.2, 0) is 0 Å². The number of anilines is 1. The topological polar surface area (TPSA) is 46.7 Å². The van der Waals surface area contributed by atoms with Crippen LogP contribution in [0.1, 0.15) is 51.0 Å². The maximum atomic E-state index is 13.5. The van der Waals surface area contributed by atoms with Gasteiger partial charge in [-0.1, -0.05) is 0 Å². The summed E-state index contributed by atoms with van der Waals surface area (Å²) in [6.07, 6.45) is 3.86. The fourth-order valence-electron chi connectivity index (χ4n) is 4.04. The zero-order valence-corrected chi connectivity index (χ0v) is 16.9. The van der Waals surface area contributed by atoms with Gasteiger partial charge in [-0.2, -0.15) is 0 Å². The molecule has 4 rings (SSSR count). The van der Waals surface area contributed by atoms with Gasteiger partial charge in [-0.15, -0.1) is 11.3 Å². The van der Waals surface area contributed by atoms with Crippen LogP contribution >= 0.6 is 11.3 Å². The van der Waals surface area contributed by atoms with Gasteiger partial charge in [0.25, 0.3) is 5.91 Å². The largest absolute Gasteiger partial charge is 0.459 e. The molecule has 6 heteroatoms. The minimum Gasteiger partial charge on any atom is -0.459 e. The molecule has 0 unspecified atom stereocenters. The van der Waals surface area contributed by atoms with Gasteiger partial charge in [0, 0.05) is 23.3 Å². The van der Waals surface area contributed by atoms with E-state index in [-0.39, 0.29) is 17.8 Å². The first-order chi connectivity index (χ1) is 13.5. The lowest BCUT2D eigenvalue weighted by molar-refractivity contribution is -0.913. The lowest BCUT2D eigenvalue weighted by Crippen LogP contribution is -3.10. The Morgan fingerprint density at radius 3 is 2.54 bits per heavy atom. The highest BCUT2D eigenvalue weighted by Crippen LogP contribution is 2.38. The zero-order valence-electron chi connectivity index (χ0n) is 16.0. The van der Waals surface area contributed by atoms with Crippen LogP contribution in [-0.4, -0.2) is 19.0 Å². The molecule has 3 aromatic rings. The van der Waals surface area contributed by atoms with Crippen LogP contribution in [0.25, 0.3) is 0 Å². The molecule has 0 radical (unpaired) electrons. The molecule has 2 aromatic heterocycles. The Morgan fingerprint density at radius 1 is 1.18 bits per heavy atom. The molecule has 0 aliphatic carbocycles. The van der Waals surface area contributed by atoms with Crippen molar-refractivity contribution in [3.63, 3.8) is 0 Å². The second-order valence-electron chi connectivity index (χ2n) is 7.31. The molecule has 1 fully saturated rings. The van der Waals surface area contributed by atoms with Crippen molar-refractivity contribution in [2.75, 3.05) is 18.4 Å². The SMILES string of the molecule is Cc1sc(NC(=O)c2ccco2)c([C@H](c2ccc(F)cc2)[NH+]2CCCC2)c1C. The minimum absolute atomic E-state index is 0.0694. The van der Waals surface area contributed by atoms with Crippen LogP contribution in [0, 0.1) is 19.7 Å². The zero-order chi connectivity index (χ0) is 19.7. The number of aryl methyl sites for hydroxylation is 1. The van der Waals surface area contributed by atoms with Crippen LogP contribution in [0.15, 0.2) is 47.1 Å². The molecule has 1 aromatic carbocycles. The molecule has 4 nitrogen and oxygen atoms in total. The summed E-state index contributed by atoms with van der Waals surface area (Å²) < 4.78 is 18.8. The molecule has 1 aliphatic rings. The van der Waals surface area contributed by atoms with E-state index in [1.807, 2.05) is 12.1 Å². The molecule has 3 heterocycles. The molecule has 28 heavy (non-hydrogen) atoms. The standard InChI is InChI=1S/C22H23FN2O2S/c1-14-15(2)28-22(24-21(26)18-6-5-13-27-18)19(14)20(25-11-3-4-12-25)16-7-9-17(23)10-8-16/h5-10,13,20H,3-4,11-12H2,1-2H3,(H,24,26)/p+1/t20-/m0/s1. The molecule has 1 aliphatic heterocycles. The van der Waals surface area contributed by atoms with Gasteiger partial charge in [0.05, 0.1) is 24.9 Å². The second kappa shape index (κ2) is 7.89. The van der Waals surface area contributed by atoms with E-state index >= 15 is 0 Å². The Bertz CT molecular complexity index is 957. The van der Waals surface area contributed by atoms with Gasteiger partial charge in [0.15, 0.2) is 5.76 Å². The number of carbonyl (C=O) groups is 1. The van der Waals surface area contributed by atoms with Crippen molar-refractivity contribution in [3.8, 4) is 0 Å². The molecule has 1 amide bonds. The van der Waals surface area contributed by atoms with E-state index in [4.69, 9.17) is 4.42 Å². The maximum Gasteiger partial charge on any atom is 0.291 e. The average Bonchev–Trinajstić information content (AvgIpc) is 3.43. The van der Waals surface area contributed by atoms with Crippen molar-refractivity contribution < 1.29 is 18.5 Å². The maximum absolute atomic E-state index is 13.5. The van der Waals surface area contributed by atoms with Crippen molar-refractivity contribution >= 4 is 22.2 Å². The highest BCUT2D eigenvalue weighted by atomic mass is 32.1. The number of quaternary nitrogens is 1. The smallest absolute Gasteiger partial charge is 0.291 e. The van der Waals surface area contributed by atoms with Crippen molar-refractivity contribution in [2.24, 2.45) is 0 Å². The quantitative estimate of drug-likeness (QED) is 0.678. The predicted molar refractivity (Wildman–Crippen MR) is 109 cm³/mol. The highest BCUT2D eigenvalue weighted by Gasteiger charge is 2.34. The first-order valence-corrected chi connectivity index (χ1v) is 10.4. The molecule has 0 saturated carbocycles. The summed E-state index contributed by atoms with van der Waals surface area (Å²) in [6, 6.07) is 10.2. The van der Waals surface area contributed by atoms with Gasteiger partial charge in [-0.05, 0) is 55.8 Å². The van der Waals surface area contributed by atoms with E-state index in [0.717, 1.165) is 29.2 Å². The van der Waals surface area contributed by atoms with E-state index in [9.17, 15) is 9.18 Å². The van der Waals surface area contributed by atoms with Crippen molar-refractivity contribution in [1.29, 1.82) is 0 Å². The molecule has 1 saturated heterocycles. The first kappa shape index (κ1) is 18.9. The van der Waals surface area contributed by atoms with Crippen molar-refractivity contribution in [2.45, 2.75) is 32.7 Å². The number of hydrogen-bond acceptors (Lipinski definition) is 3. The fourth-order valence-corrected chi connectivity index (χ4v) is 5.13. The van der Waals surface area contributed by atoms with Gasteiger partial charge >= 0.3 is 0 Å². The van der Waals surface area contributed by atoms with Gasteiger partial charge in [-0.25, -0.2) is 4.39 Å². The van der Waals surface area contributed by atoms with Crippen LogP contribution in [0.5, 0.6) is 0 Å². The molecule has 0 spiro atoms. The van der Waals surface area contributed by atoms with Gasteiger partial charge in [0.2, 0.25) is 0 Å². The van der Waals surface area contributed by atoms with Crippen LogP contribution in [0.3, 0.4) is 0 Å². The summed E-state index contributed by atoms with van der Waals surface area (Å²) in [5, 5.41) is 3.91. The number of hydrogen-bond donors (Lipinski definition) is 2. The summed E-state index contributed by atoms with van der Waals surface area (Å²) in [7, 11) is 0. The summed E-state index contributed by atoms with van der Waals surface area (Å²) >= 11 is 1.59. The Morgan fingerprint density at radius 2 is 1.89 bits per heavy atom. The van der Waals surface area contributed by atoms with E-state index in [0.29, 0.717) is 5.76 Å². The number of halogens is 1. The molecular formula is C22H24FN2O2S+. The van der Waals surface area contributed by atoms with E-state index in [1.165, 1.54) is 46.6 Å². The number of rotatable bonds is 5. The van der Waals surface area contributed by atoms with Crippen LogP contribution < -0.4 is 10.2 Å². The summed E-state index contributed by atoms with van der Waals surface area (Å²) in [5.41, 5.74) is 3.40. The van der Waals surface area contributed by atoms with Crippen LogP contribution in [0.4, 0.5) is 9.39 Å². The first-order valence-electron chi connectivity index (χ1n) is 9.59. The number of likely N-dealkylation sites (tertiary alicyclic amines) is 1. The summed E-state index contributed by atoms with van der Waals surface area (Å²) in [5.74, 6) is -0.188. The number of thiophene rings is 1. The van der Waals surface area contributed by atoms with E-state index in [1.54, 1.807) is 23.5 Å². The van der Waals surface area contributed by atoms with Crippen molar-refractivity contribution in [3.05, 3.63) is 75.8 Å². The number of carbonyl (C=O) groups excluding carboxylic acids is 1. The average molecular weight is 400 g/mol. The Hall–Kier alpha value is -2.44. The molecule has 1 atom stereocenters. The number of benzene rings is 1. The third-order valence-electron chi connectivity index (χ3n) is 5.55. The Labute approximate surface area is 168 Å². The van der Waals surface area contributed by atoms with Gasteiger partial charge in [0.1, 0.15) is 16.9 Å². The summed E-state index contributed by atoms with van der Waals surface area (Å²) in [4.78, 5) is 15.3. The monoisotopic (exact) mass is 399 g/mol. The number of nitrogens with one attached hydrogen (secondary N) is 2. The van der Waals surface area contributed by atoms with Crippen molar-refractivity contribution in [1.82, 2.24) is 0 Å². The lowest BCUT2D eigenvalue weighted by atomic mass is 9.95. The number of furan rings is 1. The fraction of sp³-hybridized carbons (Fsp3) is 0.318. The van der Waals surface area contributed by atoms with Crippen LogP contribution in [0.2, 0.25) is 0 Å². The minimum atomic E-state index is -0.248. The van der Waals surface area contributed by atoms with Gasteiger partial charge in [-0.3, -0.25) is 4.79 Å². The molecular weight excluding hydrogens is 375 g/mol. The summed E-state index contributed by atoms with van der Waals surface area (Å²) in [6.45, 7) is 6.33. The van der Waals surface area contributed by atoms with E-state index < -0.39 is 0 Å². The molecule has 2 N–H and O–H groups in total. The van der Waals surface area contributed by atoms with Gasteiger partial charge < -0.3 is 14.6 Å². The Kier molecular flexibility index (Phi) is 5.33. The highest BCUT2D eigenvalue weighted by molar-refractivity contribution is 7.16. The third-order valence-corrected chi connectivity index (χ3v) is 6.69. The molecule has 0 bridgehead atoms. The lowest BCUT2D eigenvalue weighted by Gasteiger charge is -2.26. The predicted octanol–water partition coefficient (Wildman–Crippen LogP) is 4.12. The second-order valence-corrected chi connectivity index (χ2v) is 8.53. The number of amides is 1. The normalized spacial score (nSPS) is 15.7. The van der Waals surface area contributed by atoms with E-state index in [2.05, 4.69) is 19.2 Å². The third kappa shape index (κ3) is 3.62. The molecule has 146 valence electrons. The Balaban J connectivity index is 1.77.